The van der Waals surface area contributed by atoms with Gasteiger partial charge in [0.1, 0.15) is 13.2 Å². The van der Waals surface area contributed by atoms with Crippen molar-refractivity contribution >= 4 is 17.9 Å². The summed E-state index contributed by atoms with van der Waals surface area (Å²) in [4.78, 5) is 38.1. The van der Waals surface area contributed by atoms with E-state index in [-0.39, 0.29) is 31.6 Å². The van der Waals surface area contributed by atoms with Crippen LogP contribution in [0.2, 0.25) is 0 Å². The van der Waals surface area contributed by atoms with E-state index < -0.39 is 12.1 Å². The van der Waals surface area contributed by atoms with Crippen LogP contribution in [0, 0.1) is 0 Å². The van der Waals surface area contributed by atoms with E-state index in [4.69, 9.17) is 14.2 Å². The second kappa shape index (κ2) is 60.1. The van der Waals surface area contributed by atoms with E-state index in [0.717, 1.165) is 116 Å². The first-order valence-electron chi connectivity index (χ1n) is 29.7. The molecule has 0 radical (unpaired) electrons. The highest BCUT2D eigenvalue weighted by Crippen LogP contribution is 2.14. The zero-order valence-corrected chi connectivity index (χ0v) is 47.1. The predicted octanol–water partition coefficient (Wildman–Crippen LogP) is 20.2. The number of carbonyl (C=O) groups excluding carboxylic acids is 3. The number of hydrogen-bond donors (Lipinski definition) is 0. The van der Waals surface area contributed by atoms with Crippen molar-refractivity contribution < 1.29 is 28.6 Å². The molecular weight excluding hydrogens is 901 g/mol. The summed E-state index contributed by atoms with van der Waals surface area (Å²) in [7, 11) is 0. The van der Waals surface area contributed by atoms with E-state index in [1.54, 1.807) is 6.08 Å². The molecule has 6 nitrogen and oxygen atoms in total. The molecule has 0 aromatic carbocycles. The first kappa shape index (κ1) is 68.6. The SMILES string of the molecule is CC/C=C\C/C=C\C/C=C\C/C=C\C/C=C\CC(=O)OC(COC(=O)CCCCCCC/C=C\C/C=C\C/C=C\CC)COC(=O)CCCCCCCCCCCC/C=C\C/C=C\C/C=C\CCCCCCC. The Kier molecular flexibility index (Phi) is 56.4. The molecule has 0 aliphatic heterocycles. The summed E-state index contributed by atoms with van der Waals surface area (Å²) in [5, 5.41) is 0. The minimum absolute atomic E-state index is 0.0869. The fourth-order valence-corrected chi connectivity index (χ4v) is 7.77. The first-order chi connectivity index (χ1) is 36.0. The smallest absolute Gasteiger partial charge is 0.310 e. The van der Waals surface area contributed by atoms with E-state index in [1.165, 1.54) is 89.9 Å². The molecule has 0 aromatic rings. The minimum atomic E-state index is -0.847. The second-order valence-corrected chi connectivity index (χ2v) is 19.2. The Labute approximate surface area is 449 Å². The van der Waals surface area contributed by atoms with Crippen LogP contribution in [0.25, 0.3) is 0 Å². The van der Waals surface area contributed by atoms with Crippen LogP contribution in [0.3, 0.4) is 0 Å². The average Bonchev–Trinajstić information content (AvgIpc) is 3.39. The molecule has 1 atom stereocenters. The van der Waals surface area contributed by atoms with E-state index in [0.29, 0.717) is 19.3 Å². The quantitative estimate of drug-likeness (QED) is 0.0261. The van der Waals surface area contributed by atoms with Gasteiger partial charge in [-0.15, -0.1) is 0 Å². The van der Waals surface area contributed by atoms with Crippen LogP contribution in [-0.2, 0) is 28.6 Å². The Morgan fingerprint density at radius 3 is 0.904 bits per heavy atom. The van der Waals surface area contributed by atoms with Crippen LogP contribution >= 0.6 is 0 Å². The van der Waals surface area contributed by atoms with Crippen molar-refractivity contribution in [2.45, 2.75) is 258 Å². The van der Waals surface area contributed by atoms with Gasteiger partial charge in [-0.25, -0.2) is 0 Å². The van der Waals surface area contributed by atoms with Gasteiger partial charge in [-0.3, -0.25) is 14.4 Å². The first-order valence-corrected chi connectivity index (χ1v) is 29.7. The molecule has 0 saturated carbocycles. The van der Waals surface area contributed by atoms with E-state index >= 15 is 0 Å². The number of esters is 3. The molecule has 412 valence electrons. The van der Waals surface area contributed by atoms with Gasteiger partial charge in [0.25, 0.3) is 0 Å². The molecule has 1 unspecified atom stereocenters. The van der Waals surface area contributed by atoms with Gasteiger partial charge in [0, 0.05) is 12.8 Å². The van der Waals surface area contributed by atoms with Crippen LogP contribution in [0.1, 0.15) is 252 Å². The van der Waals surface area contributed by atoms with Crippen LogP contribution in [-0.4, -0.2) is 37.2 Å². The maximum Gasteiger partial charge on any atom is 0.310 e. The molecule has 0 aromatic heterocycles. The van der Waals surface area contributed by atoms with Crippen molar-refractivity contribution in [3.63, 3.8) is 0 Å². The average molecular weight is 1010 g/mol. The predicted molar refractivity (Wildman–Crippen MR) is 316 cm³/mol. The van der Waals surface area contributed by atoms with Crippen LogP contribution in [0.4, 0.5) is 0 Å². The molecule has 0 amide bonds. The van der Waals surface area contributed by atoms with Crippen molar-refractivity contribution in [3.05, 3.63) is 134 Å². The maximum atomic E-state index is 12.8. The number of allylic oxidation sites excluding steroid dienone is 21. The maximum absolute atomic E-state index is 12.8. The third-order valence-corrected chi connectivity index (χ3v) is 12.2. The van der Waals surface area contributed by atoms with Crippen LogP contribution in [0.5, 0.6) is 0 Å². The molecule has 0 aliphatic rings. The molecular formula is C67H108O6. The summed E-state index contributed by atoms with van der Waals surface area (Å²) in [6, 6.07) is 0. The van der Waals surface area contributed by atoms with Gasteiger partial charge in [-0.05, 0) is 116 Å². The lowest BCUT2D eigenvalue weighted by Crippen LogP contribution is -2.30. The normalized spacial score (nSPS) is 13.1. The zero-order valence-electron chi connectivity index (χ0n) is 47.1. The van der Waals surface area contributed by atoms with Gasteiger partial charge >= 0.3 is 17.9 Å². The summed E-state index contributed by atoms with van der Waals surface area (Å²) < 4.78 is 16.7. The summed E-state index contributed by atoms with van der Waals surface area (Å²) >= 11 is 0. The van der Waals surface area contributed by atoms with E-state index in [2.05, 4.69) is 142 Å². The summed E-state index contributed by atoms with van der Waals surface area (Å²) in [6.07, 6.45) is 84.8. The lowest BCUT2D eigenvalue weighted by atomic mass is 10.1. The van der Waals surface area contributed by atoms with Crippen molar-refractivity contribution in [1.29, 1.82) is 0 Å². The molecule has 0 bridgehead atoms. The third-order valence-electron chi connectivity index (χ3n) is 12.2. The second-order valence-electron chi connectivity index (χ2n) is 19.2. The fraction of sp³-hybridized carbons (Fsp3) is 0.627. The molecule has 0 N–H and O–H groups in total. The standard InChI is InChI=1S/C67H108O6/c1-4-7-10-13-16-19-22-25-28-29-30-31-32-33-34-35-36-37-40-42-45-48-51-54-57-60-66(69)72-63-64(73-67(70)61-58-55-52-49-46-43-39-27-24-21-18-15-12-9-6-3)62-71-65(68)59-56-53-50-47-44-41-38-26-23-20-17-14-11-8-5-2/h8-9,11-12,17-18,20-22,25-27,29-30,32-33,38-39,46,49,55,58,64H,4-7,10,13-16,19,23-24,28,31,34-37,40-45,47-48,50-54,56-57,59-63H2,1-3H3/b11-8-,12-9-,20-17-,21-18-,25-22-,30-29-,33-32-,38-26-,39-27-,49-46-,58-55-. The Morgan fingerprint density at radius 1 is 0.301 bits per heavy atom. The zero-order chi connectivity index (χ0) is 52.9. The van der Waals surface area contributed by atoms with Gasteiger partial charge in [0.15, 0.2) is 6.10 Å². The van der Waals surface area contributed by atoms with Crippen LogP contribution < -0.4 is 0 Å². The summed E-state index contributed by atoms with van der Waals surface area (Å²) in [5.74, 6) is -1.08. The van der Waals surface area contributed by atoms with Crippen molar-refractivity contribution in [1.82, 2.24) is 0 Å². The molecule has 0 fully saturated rings. The fourth-order valence-electron chi connectivity index (χ4n) is 7.77. The van der Waals surface area contributed by atoms with Gasteiger partial charge in [-0.1, -0.05) is 251 Å². The highest BCUT2D eigenvalue weighted by atomic mass is 16.6. The Hall–Kier alpha value is -4.45. The van der Waals surface area contributed by atoms with Crippen molar-refractivity contribution in [2.24, 2.45) is 0 Å². The minimum Gasteiger partial charge on any atom is -0.462 e. The van der Waals surface area contributed by atoms with Gasteiger partial charge in [0.2, 0.25) is 0 Å². The number of rotatable bonds is 52. The lowest BCUT2D eigenvalue weighted by molar-refractivity contribution is -0.166. The monoisotopic (exact) mass is 1010 g/mol. The molecule has 0 heterocycles. The topological polar surface area (TPSA) is 78.9 Å². The number of ether oxygens (including phenoxy) is 3. The highest BCUT2D eigenvalue weighted by molar-refractivity contribution is 5.72. The molecule has 0 saturated heterocycles. The molecule has 0 aliphatic carbocycles. The van der Waals surface area contributed by atoms with Crippen LogP contribution in [0.15, 0.2) is 134 Å². The Bertz CT molecular complexity index is 1580. The number of carbonyl (C=O) groups is 3. The summed E-state index contributed by atoms with van der Waals surface area (Å²) in [5.41, 5.74) is 0. The van der Waals surface area contributed by atoms with E-state index in [1.807, 2.05) is 6.08 Å². The number of unbranched alkanes of at least 4 members (excludes halogenated alkanes) is 20. The summed E-state index contributed by atoms with van der Waals surface area (Å²) in [6.45, 7) is 6.30. The van der Waals surface area contributed by atoms with Crippen molar-refractivity contribution in [2.75, 3.05) is 13.2 Å². The van der Waals surface area contributed by atoms with Gasteiger partial charge in [0.05, 0.1) is 6.42 Å². The Balaban J connectivity index is 4.44. The van der Waals surface area contributed by atoms with Gasteiger partial charge < -0.3 is 14.2 Å². The van der Waals surface area contributed by atoms with E-state index in [9.17, 15) is 14.4 Å². The van der Waals surface area contributed by atoms with Gasteiger partial charge in [-0.2, -0.15) is 0 Å². The highest BCUT2D eigenvalue weighted by Gasteiger charge is 2.19. The van der Waals surface area contributed by atoms with Crippen molar-refractivity contribution in [3.8, 4) is 0 Å². The lowest BCUT2D eigenvalue weighted by Gasteiger charge is -2.18. The third kappa shape index (κ3) is 58.3. The molecule has 73 heavy (non-hydrogen) atoms. The molecule has 0 spiro atoms. The largest absolute Gasteiger partial charge is 0.462 e. The number of hydrogen-bond acceptors (Lipinski definition) is 6. The molecule has 0 rings (SSSR count). The Morgan fingerprint density at radius 2 is 0.575 bits per heavy atom. The molecule has 6 heteroatoms.